The highest BCUT2D eigenvalue weighted by Gasteiger charge is 2.30. The fourth-order valence-electron chi connectivity index (χ4n) is 4.06. The van der Waals surface area contributed by atoms with Crippen LogP contribution in [0.15, 0.2) is 48.5 Å². The second-order valence-electron chi connectivity index (χ2n) is 7.32. The summed E-state index contributed by atoms with van der Waals surface area (Å²) in [6.07, 6.45) is 1.23. The minimum absolute atomic E-state index is 0.0716. The van der Waals surface area contributed by atoms with Crippen molar-refractivity contribution in [2.24, 2.45) is 5.92 Å². The van der Waals surface area contributed by atoms with Gasteiger partial charge in [-0.3, -0.25) is 4.79 Å². The highest BCUT2D eigenvalue weighted by molar-refractivity contribution is 6.08. The fraction of sp³-hybridized carbons (Fsp3) is 0.381. The monoisotopic (exact) mass is 353 g/mol. The summed E-state index contributed by atoms with van der Waals surface area (Å²) >= 11 is 0. The molecule has 0 N–H and O–H groups in total. The molecule has 0 unspecified atom stereocenters. The lowest BCUT2D eigenvalue weighted by atomic mass is 10.1. The number of hydrogen-bond acceptors (Lipinski definition) is 3. The number of halogens is 1. The van der Waals surface area contributed by atoms with Crippen molar-refractivity contribution in [2.45, 2.75) is 6.42 Å². The number of fused-ring (bicyclic) bond motifs is 1. The average Bonchev–Trinajstić information content (AvgIpc) is 3.07. The van der Waals surface area contributed by atoms with Gasteiger partial charge in [0.25, 0.3) is 5.91 Å². The minimum atomic E-state index is -0.326. The molecule has 1 saturated heterocycles. The molecule has 2 heterocycles. The number of amides is 1. The third-order valence-corrected chi connectivity index (χ3v) is 5.41. The number of carbonyl (C=O) groups is 1. The Morgan fingerprint density at radius 2 is 1.77 bits per heavy atom. The third-order valence-electron chi connectivity index (χ3n) is 5.41. The molecule has 0 aliphatic carbocycles. The van der Waals surface area contributed by atoms with E-state index in [-0.39, 0.29) is 11.7 Å². The minimum Gasteiger partial charge on any atom is -0.368 e. The molecule has 0 radical (unpaired) electrons. The lowest BCUT2D eigenvalue weighted by molar-refractivity contribution is 0.0986. The Morgan fingerprint density at radius 3 is 2.46 bits per heavy atom. The molecule has 4 rings (SSSR count). The first-order valence-corrected chi connectivity index (χ1v) is 9.22. The first-order valence-electron chi connectivity index (χ1n) is 9.22. The maximum atomic E-state index is 13.2. The van der Waals surface area contributed by atoms with Gasteiger partial charge in [0.05, 0.1) is 11.4 Å². The van der Waals surface area contributed by atoms with Crippen LogP contribution in [0, 0.1) is 11.7 Å². The predicted molar refractivity (Wildman–Crippen MR) is 102 cm³/mol. The van der Waals surface area contributed by atoms with Gasteiger partial charge in [0.15, 0.2) is 0 Å². The Morgan fingerprint density at radius 1 is 1.04 bits per heavy atom. The number of carbonyl (C=O) groups excluding carboxylic acids is 1. The van der Waals surface area contributed by atoms with E-state index in [2.05, 4.69) is 22.9 Å². The van der Waals surface area contributed by atoms with Crippen molar-refractivity contribution >= 4 is 17.3 Å². The van der Waals surface area contributed by atoms with Crippen LogP contribution in [0.4, 0.5) is 15.8 Å². The van der Waals surface area contributed by atoms with Gasteiger partial charge in [-0.25, -0.2) is 4.39 Å². The number of likely N-dealkylation sites (tertiary alicyclic amines) is 1. The molecule has 0 saturated carbocycles. The van der Waals surface area contributed by atoms with Gasteiger partial charge in [-0.15, -0.1) is 0 Å². The molecule has 2 aromatic carbocycles. The summed E-state index contributed by atoms with van der Waals surface area (Å²) in [6, 6.07) is 13.9. The van der Waals surface area contributed by atoms with Crippen LogP contribution < -0.4 is 9.80 Å². The average molecular weight is 353 g/mol. The molecule has 1 atom stereocenters. The second-order valence-corrected chi connectivity index (χ2v) is 7.32. The quantitative estimate of drug-likeness (QED) is 0.848. The van der Waals surface area contributed by atoms with Gasteiger partial charge in [-0.05, 0) is 62.3 Å². The van der Waals surface area contributed by atoms with Gasteiger partial charge in [-0.2, -0.15) is 0 Å². The van der Waals surface area contributed by atoms with E-state index in [1.807, 2.05) is 23.1 Å². The lowest BCUT2D eigenvalue weighted by Gasteiger charge is -2.39. The zero-order valence-corrected chi connectivity index (χ0v) is 15.1. The van der Waals surface area contributed by atoms with E-state index in [0.717, 1.165) is 37.6 Å². The SMILES string of the molecule is CN1CC[C@@H](CN2CCN(C(=O)c3ccc(F)cc3)c3ccccc32)C1. The van der Waals surface area contributed by atoms with Crippen molar-refractivity contribution < 1.29 is 9.18 Å². The second kappa shape index (κ2) is 7.08. The molecule has 1 amide bonds. The van der Waals surface area contributed by atoms with Crippen molar-refractivity contribution in [1.82, 2.24) is 4.90 Å². The Balaban J connectivity index is 1.57. The maximum absolute atomic E-state index is 13.2. The molecule has 0 bridgehead atoms. The van der Waals surface area contributed by atoms with Crippen LogP contribution in [0.5, 0.6) is 0 Å². The van der Waals surface area contributed by atoms with Crippen molar-refractivity contribution in [1.29, 1.82) is 0 Å². The van der Waals surface area contributed by atoms with Crippen LogP contribution in [-0.2, 0) is 0 Å². The van der Waals surface area contributed by atoms with E-state index in [1.54, 1.807) is 12.1 Å². The number of benzene rings is 2. The fourth-order valence-corrected chi connectivity index (χ4v) is 4.06. The van der Waals surface area contributed by atoms with Crippen molar-refractivity contribution in [3.8, 4) is 0 Å². The highest BCUT2D eigenvalue weighted by Crippen LogP contribution is 2.34. The van der Waals surface area contributed by atoms with E-state index in [9.17, 15) is 9.18 Å². The topological polar surface area (TPSA) is 26.8 Å². The summed E-state index contributed by atoms with van der Waals surface area (Å²) in [5.41, 5.74) is 2.58. The van der Waals surface area contributed by atoms with E-state index >= 15 is 0 Å². The Kier molecular flexibility index (Phi) is 4.64. The van der Waals surface area contributed by atoms with Gasteiger partial charge in [0.1, 0.15) is 5.82 Å². The molecule has 5 heteroatoms. The van der Waals surface area contributed by atoms with Crippen LogP contribution >= 0.6 is 0 Å². The van der Waals surface area contributed by atoms with E-state index in [1.165, 1.54) is 18.6 Å². The van der Waals surface area contributed by atoms with E-state index in [4.69, 9.17) is 0 Å². The summed E-state index contributed by atoms with van der Waals surface area (Å²) < 4.78 is 13.2. The summed E-state index contributed by atoms with van der Waals surface area (Å²) in [7, 11) is 2.17. The molecule has 2 aliphatic rings. The smallest absolute Gasteiger partial charge is 0.258 e. The number of anilines is 2. The number of para-hydroxylation sites is 2. The molecule has 26 heavy (non-hydrogen) atoms. The van der Waals surface area contributed by atoms with E-state index in [0.29, 0.717) is 18.0 Å². The summed E-state index contributed by atoms with van der Waals surface area (Å²) in [5, 5.41) is 0. The Bertz CT molecular complexity index is 792. The van der Waals surface area contributed by atoms with Crippen LogP contribution in [-0.4, -0.2) is 50.6 Å². The molecule has 4 nitrogen and oxygen atoms in total. The number of rotatable bonds is 3. The molecular weight excluding hydrogens is 329 g/mol. The summed E-state index contributed by atoms with van der Waals surface area (Å²) in [4.78, 5) is 19.6. The van der Waals surface area contributed by atoms with Crippen LogP contribution in [0.3, 0.4) is 0 Å². The zero-order chi connectivity index (χ0) is 18.1. The molecule has 136 valence electrons. The normalized spacial score (nSPS) is 20.3. The molecule has 0 spiro atoms. The Labute approximate surface area is 153 Å². The molecule has 1 fully saturated rings. The summed E-state index contributed by atoms with van der Waals surface area (Å²) in [5.74, 6) is 0.276. The van der Waals surface area contributed by atoms with Gasteiger partial charge >= 0.3 is 0 Å². The maximum Gasteiger partial charge on any atom is 0.258 e. The first-order chi connectivity index (χ1) is 12.6. The van der Waals surface area contributed by atoms with Gasteiger partial charge < -0.3 is 14.7 Å². The largest absolute Gasteiger partial charge is 0.368 e. The third kappa shape index (κ3) is 3.31. The predicted octanol–water partition coefficient (Wildman–Crippen LogP) is 3.24. The van der Waals surface area contributed by atoms with Crippen LogP contribution in [0.25, 0.3) is 0 Å². The van der Waals surface area contributed by atoms with E-state index < -0.39 is 0 Å². The first kappa shape index (κ1) is 17.0. The molecule has 2 aromatic rings. The zero-order valence-electron chi connectivity index (χ0n) is 15.1. The lowest BCUT2D eigenvalue weighted by Crippen LogP contribution is -2.45. The molecular formula is C21H24FN3O. The van der Waals surface area contributed by atoms with Gasteiger partial charge in [0, 0.05) is 31.7 Å². The van der Waals surface area contributed by atoms with Crippen molar-refractivity contribution in [3.05, 3.63) is 59.9 Å². The van der Waals surface area contributed by atoms with Gasteiger partial charge in [0.2, 0.25) is 0 Å². The Hall–Kier alpha value is -2.40. The van der Waals surface area contributed by atoms with Gasteiger partial charge in [-0.1, -0.05) is 12.1 Å². The van der Waals surface area contributed by atoms with Crippen LogP contribution in [0.2, 0.25) is 0 Å². The van der Waals surface area contributed by atoms with Crippen molar-refractivity contribution in [2.75, 3.05) is 49.6 Å². The number of nitrogens with zero attached hydrogens (tertiary/aromatic N) is 3. The summed E-state index contributed by atoms with van der Waals surface area (Å²) in [6.45, 7) is 4.80. The highest BCUT2D eigenvalue weighted by atomic mass is 19.1. The molecule has 2 aliphatic heterocycles. The number of hydrogen-bond donors (Lipinski definition) is 0. The standard InChI is InChI=1S/C21H24FN3O/c1-23-11-10-16(14-23)15-24-12-13-25(20-5-3-2-4-19(20)24)21(26)17-6-8-18(22)9-7-17/h2-9,16H,10-15H2,1H3/t16-/m1/s1. The van der Waals surface area contributed by atoms with Crippen LogP contribution in [0.1, 0.15) is 16.8 Å². The van der Waals surface area contributed by atoms with Crippen molar-refractivity contribution in [3.63, 3.8) is 0 Å². The molecule has 0 aromatic heterocycles.